The number of nitrogens with one attached hydrogen (secondary N) is 1. The average molecular weight is 410 g/mol. The maximum Gasteiger partial charge on any atom is 0.253 e. The number of carbonyl (C=O) groups is 2. The van der Waals surface area contributed by atoms with Gasteiger partial charge in [0, 0.05) is 45.9 Å². The van der Waals surface area contributed by atoms with E-state index in [2.05, 4.69) is 15.4 Å². The quantitative estimate of drug-likeness (QED) is 0.643. The molecule has 3 aromatic rings. The number of hydrogen-bond donors (Lipinski definition) is 1. The zero-order valence-electron chi connectivity index (χ0n) is 17.8. The average Bonchev–Trinajstić information content (AvgIpc) is 3.12. The van der Waals surface area contributed by atoms with Gasteiger partial charge in [-0.1, -0.05) is 6.07 Å². The number of anilines is 2. The van der Waals surface area contributed by atoms with Crippen molar-refractivity contribution in [3.63, 3.8) is 0 Å². The van der Waals surface area contributed by atoms with Gasteiger partial charge in [-0.25, -0.2) is 4.52 Å². The number of nitrogens with zero attached hydrogens (tertiary/aromatic N) is 5. The summed E-state index contributed by atoms with van der Waals surface area (Å²) in [4.78, 5) is 31.7. The van der Waals surface area contributed by atoms with Crippen molar-refractivity contribution in [3.05, 3.63) is 47.7 Å². The minimum absolute atomic E-state index is 0.0383. The highest BCUT2D eigenvalue weighted by atomic mass is 16.5. The summed E-state index contributed by atoms with van der Waals surface area (Å²) in [5, 5.41) is 7.56. The first kappa shape index (κ1) is 21.1. The molecule has 3 rings (SSSR count). The molecule has 0 aliphatic heterocycles. The number of aromatic nitrogens is 3. The summed E-state index contributed by atoms with van der Waals surface area (Å²) in [5.41, 5.74) is 2.95. The summed E-state index contributed by atoms with van der Waals surface area (Å²) < 4.78 is 7.17. The number of likely N-dealkylation sites (N-methyl/N-ethyl adjacent to an activating group) is 2. The van der Waals surface area contributed by atoms with Crippen LogP contribution in [0.15, 0.2) is 36.5 Å². The Hall–Kier alpha value is -3.62. The second-order valence-corrected chi connectivity index (χ2v) is 7.15. The van der Waals surface area contributed by atoms with E-state index < -0.39 is 0 Å². The molecule has 2 heterocycles. The molecular weight excluding hydrogens is 384 g/mol. The third-order valence-corrected chi connectivity index (χ3v) is 4.83. The van der Waals surface area contributed by atoms with E-state index in [1.165, 1.54) is 6.92 Å². The highest BCUT2D eigenvalue weighted by molar-refractivity contribution is 5.95. The monoisotopic (exact) mass is 410 g/mol. The second kappa shape index (κ2) is 8.81. The van der Waals surface area contributed by atoms with E-state index in [1.807, 2.05) is 25.3 Å². The first-order valence-electron chi connectivity index (χ1n) is 9.53. The van der Waals surface area contributed by atoms with Crippen LogP contribution in [-0.2, 0) is 4.79 Å². The van der Waals surface area contributed by atoms with Gasteiger partial charge in [-0.2, -0.15) is 4.98 Å². The molecule has 2 aromatic heterocycles. The minimum Gasteiger partial charge on any atom is -0.495 e. The molecule has 0 unspecified atom stereocenters. The molecule has 9 heteroatoms. The number of carbonyl (C=O) groups excluding carboxylic acids is 2. The molecule has 0 aliphatic rings. The topological polar surface area (TPSA) is 92.1 Å². The summed E-state index contributed by atoms with van der Waals surface area (Å²) in [7, 11) is 4.96. The van der Waals surface area contributed by atoms with E-state index in [-0.39, 0.29) is 11.8 Å². The van der Waals surface area contributed by atoms with E-state index in [9.17, 15) is 9.59 Å². The number of aryl methyl sites for hydroxylation is 1. The zero-order valence-corrected chi connectivity index (χ0v) is 17.8. The fraction of sp³-hybridized carbons (Fsp3) is 0.333. The Kier molecular flexibility index (Phi) is 6.20. The van der Waals surface area contributed by atoms with Crippen LogP contribution in [0.25, 0.3) is 5.65 Å². The molecule has 0 spiro atoms. The van der Waals surface area contributed by atoms with Crippen LogP contribution in [0.4, 0.5) is 11.6 Å². The number of pyridine rings is 1. The number of methoxy groups -OCH3 is 1. The Balaban J connectivity index is 1.75. The first-order valence-corrected chi connectivity index (χ1v) is 9.53. The molecule has 0 saturated carbocycles. The zero-order chi connectivity index (χ0) is 21.8. The maximum atomic E-state index is 12.7. The van der Waals surface area contributed by atoms with Crippen LogP contribution in [0, 0.1) is 6.92 Å². The second-order valence-electron chi connectivity index (χ2n) is 7.15. The fourth-order valence-electron chi connectivity index (χ4n) is 2.87. The third kappa shape index (κ3) is 4.68. The van der Waals surface area contributed by atoms with Gasteiger partial charge in [0.25, 0.3) is 5.91 Å². The Morgan fingerprint density at radius 3 is 2.57 bits per heavy atom. The Labute approximate surface area is 175 Å². The van der Waals surface area contributed by atoms with E-state index in [1.54, 1.807) is 53.7 Å². The summed E-state index contributed by atoms with van der Waals surface area (Å²) in [6.45, 7) is 4.38. The molecule has 0 radical (unpaired) electrons. The van der Waals surface area contributed by atoms with Crippen LogP contribution in [0.2, 0.25) is 0 Å². The van der Waals surface area contributed by atoms with Gasteiger partial charge >= 0.3 is 0 Å². The highest BCUT2D eigenvalue weighted by Gasteiger charge is 2.16. The van der Waals surface area contributed by atoms with Gasteiger partial charge in [-0.05, 0) is 36.8 Å². The van der Waals surface area contributed by atoms with Crippen molar-refractivity contribution in [2.45, 2.75) is 13.8 Å². The molecule has 0 saturated heterocycles. The van der Waals surface area contributed by atoms with Crippen molar-refractivity contribution in [2.24, 2.45) is 0 Å². The predicted molar refractivity (Wildman–Crippen MR) is 114 cm³/mol. The van der Waals surface area contributed by atoms with Gasteiger partial charge in [-0.3, -0.25) is 9.59 Å². The Morgan fingerprint density at radius 2 is 1.87 bits per heavy atom. The molecule has 2 amide bonds. The SMILES string of the molecule is COc1cc(C(=O)N(C)CCN(C)C(C)=O)ccc1Nc1nc2ccc(C)cn2n1. The van der Waals surface area contributed by atoms with Crippen LogP contribution >= 0.6 is 0 Å². The van der Waals surface area contributed by atoms with Gasteiger partial charge in [0.05, 0.1) is 12.8 Å². The smallest absolute Gasteiger partial charge is 0.253 e. The molecule has 0 atom stereocenters. The van der Waals surface area contributed by atoms with Crippen LogP contribution in [-0.4, -0.2) is 70.5 Å². The molecular formula is C21H26N6O3. The first-order chi connectivity index (χ1) is 14.3. The van der Waals surface area contributed by atoms with Gasteiger partial charge in [0.1, 0.15) is 5.75 Å². The van der Waals surface area contributed by atoms with Crippen molar-refractivity contribution in [1.82, 2.24) is 24.4 Å². The van der Waals surface area contributed by atoms with Crippen LogP contribution < -0.4 is 10.1 Å². The predicted octanol–water partition coefficient (Wildman–Crippen LogP) is 2.34. The van der Waals surface area contributed by atoms with Crippen molar-refractivity contribution in [3.8, 4) is 5.75 Å². The van der Waals surface area contributed by atoms with E-state index in [4.69, 9.17) is 4.74 Å². The molecule has 9 nitrogen and oxygen atoms in total. The number of amides is 2. The summed E-state index contributed by atoms with van der Waals surface area (Å²) >= 11 is 0. The number of benzene rings is 1. The lowest BCUT2D eigenvalue weighted by molar-refractivity contribution is -0.127. The van der Waals surface area contributed by atoms with Crippen molar-refractivity contribution in [2.75, 3.05) is 39.6 Å². The number of fused-ring (bicyclic) bond motifs is 1. The van der Waals surface area contributed by atoms with E-state index in [0.717, 1.165) is 11.2 Å². The van der Waals surface area contributed by atoms with Crippen LogP contribution in [0.1, 0.15) is 22.8 Å². The standard InChI is InChI=1S/C21H26N6O3/c1-14-6-9-19-23-21(24-27(19)13-14)22-17-8-7-16(12-18(17)30-5)20(29)26(4)11-10-25(3)15(2)28/h6-9,12-13H,10-11H2,1-5H3,(H,22,24). The van der Waals surface area contributed by atoms with Crippen LogP contribution in [0.5, 0.6) is 5.75 Å². The van der Waals surface area contributed by atoms with Gasteiger partial charge < -0.3 is 19.9 Å². The third-order valence-electron chi connectivity index (χ3n) is 4.83. The fourth-order valence-corrected chi connectivity index (χ4v) is 2.87. The summed E-state index contributed by atoms with van der Waals surface area (Å²) in [5.74, 6) is 0.745. The lowest BCUT2D eigenvalue weighted by Gasteiger charge is -2.22. The van der Waals surface area contributed by atoms with E-state index in [0.29, 0.717) is 36.0 Å². The molecule has 158 valence electrons. The Bertz CT molecular complexity index is 1080. The van der Waals surface area contributed by atoms with Crippen molar-refractivity contribution in [1.29, 1.82) is 0 Å². The molecule has 0 bridgehead atoms. The lowest BCUT2D eigenvalue weighted by atomic mass is 10.1. The maximum absolute atomic E-state index is 12.7. The lowest BCUT2D eigenvalue weighted by Crippen LogP contribution is -2.36. The minimum atomic E-state index is -0.155. The molecule has 30 heavy (non-hydrogen) atoms. The van der Waals surface area contributed by atoms with Gasteiger partial charge in [0.2, 0.25) is 11.9 Å². The number of hydrogen-bond acceptors (Lipinski definition) is 6. The normalized spacial score (nSPS) is 10.7. The van der Waals surface area contributed by atoms with E-state index >= 15 is 0 Å². The van der Waals surface area contributed by atoms with Gasteiger partial charge in [-0.15, -0.1) is 5.10 Å². The molecule has 1 N–H and O–H groups in total. The molecule has 0 aliphatic carbocycles. The molecule has 1 aromatic carbocycles. The van der Waals surface area contributed by atoms with Crippen LogP contribution in [0.3, 0.4) is 0 Å². The number of ether oxygens (including phenoxy) is 1. The molecule has 0 fully saturated rings. The number of rotatable bonds is 7. The largest absolute Gasteiger partial charge is 0.495 e. The summed E-state index contributed by atoms with van der Waals surface area (Å²) in [6, 6.07) is 9.03. The van der Waals surface area contributed by atoms with Gasteiger partial charge in [0.15, 0.2) is 5.65 Å². The van der Waals surface area contributed by atoms with Crippen molar-refractivity contribution >= 4 is 29.1 Å². The summed E-state index contributed by atoms with van der Waals surface area (Å²) in [6.07, 6.45) is 1.89. The Morgan fingerprint density at radius 1 is 1.13 bits per heavy atom. The van der Waals surface area contributed by atoms with Crippen molar-refractivity contribution < 1.29 is 14.3 Å². The highest BCUT2D eigenvalue weighted by Crippen LogP contribution is 2.28.